The number of benzene rings is 2. The number of hydrogen-bond donors (Lipinski definition) is 2. The number of aromatic nitrogens is 2. The SMILES string of the molecule is COc1ccc(C(=O)Nc2ccc(Nc3cccc(C)c3C)nn2)cc1OC. The molecule has 0 saturated heterocycles. The maximum Gasteiger partial charge on any atom is 0.257 e. The van der Waals surface area contributed by atoms with Gasteiger partial charge in [0.15, 0.2) is 23.1 Å². The lowest BCUT2D eigenvalue weighted by Gasteiger charge is -2.11. The fourth-order valence-electron chi connectivity index (χ4n) is 2.66. The zero-order valence-electron chi connectivity index (χ0n) is 16.2. The first-order valence-electron chi connectivity index (χ1n) is 8.72. The summed E-state index contributed by atoms with van der Waals surface area (Å²) >= 11 is 0. The van der Waals surface area contributed by atoms with E-state index in [1.807, 2.05) is 19.1 Å². The molecule has 7 nitrogen and oxygen atoms in total. The van der Waals surface area contributed by atoms with Gasteiger partial charge in [-0.15, -0.1) is 10.2 Å². The number of carbonyl (C=O) groups excluding carboxylic acids is 1. The number of nitrogens with zero attached hydrogens (tertiary/aromatic N) is 2. The minimum absolute atomic E-state index is 0.314. The molecule has 1 aromatic heterocycles. The first-order valence-corrected chi connectivity index (χ1v) is 8.72. The van der Waals surface area contributed by atoms with Gasteiger partial charge in [-0.2, -0.15) is 0 Å². The summed E-state index contributed by atoms with van der Waals surface area (Å²) < 4.78 is 10.4. The Kier molecular flexibility index (Phi) is 5.74. The second-order valence-corrected chi connectivity index (χ2v) is 6.20. The van der Waals surface area contributed by atoms with Crippen molar-refractivity contribution in [3.05, 3.63) is 65.2 Å². The van der Waals surface area contributed by atoms with Gasteiger partial charge in [0.2, 0.25) is 0 Å². The molecule has 0 unspecified atom stereocenters. The van der Waals surface area contributed by atoms with Crippen LogP contribution in [0.2, 0.25) is 0 Å². The number of carbonyl (C=O) groups is 1. The minimum atomic E-state index is -0.314. The summed E-state index contributed by atoms with van der Waals surface area (Å²) in [6.07, 6.45) is 0. The summed E-state index contributed by atoms with van der Waals surface area (Å²) in [6, 6.07) is 14.4. The molecule has 0 aliphatic rings. The fraction of sp³-hybridized carbons (Fsp3) is 0.190. The highest BCUT2D eigenvalue weighted by atomic mass is 16.5. The van der Waals surface area contributed by atoms with E-state index in [-0.39, 0.29) is 5.91 Å². The Bertz CT molecular complexity index is 987. The van der Waals surface area contributed by atoms with E-state index in [1.165, 1.54) is 12.7 Å². The van der Waals surface area contributed by atoms with E-state index in [0.29, 0.717) is 28.7 Å². The van der Waals surface area contributed by atoms with Crippen LogP contribution in [-0.4, -0.2) is 30.3 Å². The number of hydrogen-bond acceptors (Lipinski definition) is 6. The third kappa shape index (κ3) is 4.20. The van der Waals surface area contributed by atoms with Gasteiger partial charge in [0.05, 0.1) is 14.2 Å². The predicted molar refractivity (Wildman–Crippen MR) is 109 cm³/mol. The van der Waals surface area contributed by atoms with Crippen molar-refractivity contribution in [3.63, 3.8) is 0 Å². The molecule has 2 N–H and O–H groups in total. The summed E-state index contributed by atoms with van der Waals surface area (Å²) in [7, 11) is 3.06. The molecule has 0 saturated carbocycles. The van der Waals surface area contributed by atoms with Crippen LogP contribution in [0.4, 0.5) is 17.3 Å². The summed E-state index contributed by atoms with van der Waals surface area (Å²) in [5, 5.41) is 14.2. The third-order valence-corrected chi connectivity index (χ3v) is 4.42. The normalized spacial score (nSPS) is 10.3. The molecule has 7 heteroatoms. The van der Waals surface area contributed by atoms with E-state index < -0.39 is 0 Å². The third-order valence-electron chi connectivity index (χ3n) is 4.42. The molecule has 1 heterocycles. The maximum absolute atomic E-state index is 12.4. The van der Waals surface area contributed by atoms with Crippen LogP contribution >= 0.6 is 0 Å². The van der Waals surface area contributed by atoms with Gasteiger partial charge in [-0.05, 0) is 61.4 Å². The molecule has 0 aliphatic heterocycles. The molecule has 0 fully saturated rings. The van der Waals surface area contributed by atoms with Gasteiger partial charge >= 0.3 is 0 Å². The van der Waals surface area contributed by atoms with Crippen molar-refractivity contribution in [3.8, 4) is 11.5 Å². The Morgan fingerprint density at radius 3 is 2.29 bits per heavy atom. The predicted octanol–water partition coefficient (Wildman–Crippen LogP) is 4.11. The molecule has 3 rings (SSSR count). The molecule has 3 aromatic rings. The molecule has 144 valence electrons. The number of anilines is 3. The summed E-state index contributed by atoms with van der Waals surface area (Å²) in [5.41, 5.74) is 3.74. The van der Waals surface area contributed by atoms with Crippen molar-refractivity contribution in [2.24, 2.45) is 0 Å². The first-order chi connectivity index (χ1) is 13.5. The van der Waals surface area contributed by atoms with Crippen LogP contribution in [0.25, 0.3) is 0 Å². The summed E-state index contributed by atoms with van der Waals surface area (Å²) in [5.74, 6) is 1.67. The van der Waals surface area contributed by atoms with Gasteiger partial charge < -0.3 is 20.1 Å². The molecule has 0 radical (unpaired) electrons. The lowest BCUT2D eigenvalue weighted by Crippen LogP contribution is -2.13. The standard InChI is InChI=1S/C21H22N4O3/c1-13-6-5-7-16(14(13)2)22-19-10-11-20(25-24-19)23-21(26)15-8-9-17(27-3)18(12-15)28-4/h5-12H,1-4H3,(H,22,24)(H,23,25,26). The monoisotopic (exact) mass is 378 g/mol. The molecular weight excluding hydrogens is 356 g/mol. The molecular formula is C21H22N4O3. The Morgan fingerprint density at radius 1 is 0.893 bits per heavy atom. The lowest BCUT2D eigenvalue weighted by molar-refractivity contribution is 0.102. The van der Waals surface area contributed by atoms with Crippen molar-refractivity contribution in [1.29, 1.82) is 0 Å². The van der Waals surface area contributed by atoms with E-state index >= 15 is 0 Å². The van der Waals surface area contributed by atoms with Crippen LogP contribution in [0.15, 0.2) is 48.5 Å². The van der Waals surface area contributed by atoms with Crippen LogP contribution < -0.4 is 20.1 Å². The van der Waals surface area contributed by atoms with Crippen LogP contribution in [0.3, 0.4) is 0 Å². The van der Waals surface area contributed by atoms with E-state index in [2.05, 4.69) is 33.8 Å². The smallest absolute Gasteiger partial charge is 0.257 e. The number of methoxy groups -OCH3 is 2. The number of aryl methyl sites for hydroxylation is 1. The van der Waals surface area contributed by atoms with Gasteiger partial charge in [-0.3, -0.25) is 4.79 Å². The minimum Gasteiger partial charge on any atom is -0.493 e. The second kappa shape index (κ2) is 8.39. The Hall–Kier alpha value is -3.61. The summed E-state index contributed by atoms with van der Waals surface area (Å²) in [4.78, 5) is 12.4. The largest absolute Gasteiger partial charge is 0.493 e. The second-order valence-electron chi connectivity index (χ2n) is 6.20. The Balaban J connectivity index is 1.70. The summed E-state index contributed by atoms with van der Waals surface area (Å²) in [6.45, 7) is 4.10. The van der Waals surface area contributed by atoms with E-state index in [0.717, 1.165) is 11.3 Å². The molecule has 0 spiro atoms. The molecule has 0 aliphatic carbocycles. The highest BCUT2D eigenvalue weighted by Gasteiger charge is 2.12. The van der Waals surface area contributed by atoms with Crippen molar-refractivity contribution < 1.29 is 14.3 Å². The average molecular weight is 378 g/mol. The molecule has 0 bridgehead atoms. The quantitative estimate of drug-likeness (QED) is 0.671. The van der Waals surface area contributed by atoms with Gasteiger partial charge in [0.1, 0.15) is 0 Å². The Morgan fingerprint density at radius 2 is 1.61 bits per heavy atom. The van der Waals surface area contributed by atoms with Gasteiger partial charge in [-0.1, -0.05) is 12.1 Å². The average Bonchev–Trinajstić information content (AvgIpc) is 2.72. The van der Waals surface area contributed by atoms with Crippen molar-refractivity contribution >= 4 is 23.2 Å². The van der Waals surface area contributed by atoms with Crippen molar-refractivity contribution in [2.75, 3.05) is 24.9 Å². The lowest BCUT2D eigenvalue weighted by atomic mass is 10.1. The number of rotatable bonds is 6. The maximum atomic E-state index is 12.4. The first kappa shape index (κ1) is 19.2. The zero-order valence-corrected chi connectivity index (χ0v) is 16.2. The molecule has 28 heavy (non-hydrogen) atoms. The molecule has 0 atom stereocenters. The van der Waals surface area contributed by atoms with Gasteiger partial charge in [0.25, 0.3) is 5.91 Å². The van der Waals surface area contributed by atoms with E-state index in [1.54, 1.807) is 37.4 Å². The number of ether oxygens (including phenoxy) is 2. The molecule has 2 aromatic carbocycles. The Labute approximate surface area is 163 Å². The van der Waals surface area contributed by atoms with Crippen molar-refractivity contribution in [1.82, 2.24) is 10.2 Å². The molecule has 1 amide bonds. The van der Waals surface area contributed by atoms with Crippen molar-refractivity contribution in [2.45, 2.75) is 13.8 Å². The van der Waals surface area contributed by atoms with Crippen LogP contribution in [-0.2, 0) is 0 Å². The van der Waals surface area contributed by atoms with Crippen LogP contribution in [0.5, 0.6) is 11.5 Å². The van der Waals surface area contributed by atoms with Gasteiger partial charge in [0, 0.05) is 11.3 Å². The number of amides is 1. The highest BCUT2D eigenvalue weighted by Crippen LogP contribution is 2.28. The number of nitrogens with one attached hydrogen (secondary N) is 2. The van der Waals surface area contributed by atoms with Crippen LogP contribution in [0, 0.1) is 13.8 Å². The topological polar surface area (TPSA) is 85.4 Å². The fourth-order valence-corrected chi connectivity index (χ4v) is 2.66. The van der Waals surface area contributed by atoms with Gasteiger partial charge in [-0.25, -0.2) is 0 Å². The zero-order chi connectivity index (χ0) is 20.1. The van der Waals surface area contributed by atoms with E-state index in [9.17, 15) is 4.79 Å². The van der Waals surface area contributed by atoms with E-state index in [4.69, 9.17) is 9.47 Å². The van der Waals surface area contributed by atoms with Crippen LogP contribution in [0.1, 0.15) is 21.5 Å². The highest BCUT2D eigenvalue weighted by molar-refractivity contribution is 6.04.